The Morgan fingerprint density at radius 2 is 1.50 bits per heavy atom. The number of ketones is 1. The second-order valence-corrected chi connectivity index (χ2v) is 6.64. The van der Waals surface area contributed by atoms with Crippen LogP contribution in [-0.4, -0.2) is 21.0 Å². The first-order valence-electron chi connectivity index (χ1n) is 8.83. The molecule has 0 radical (unpaired) electrons. The molecule has 0 amide bonds. The van der Waals surface area contributed by atoms with Crippen LogP contribution in [0.5, 0.6) is 0 Å². The summed E-state index contributed by atoms with van der Waals surface area (Å²) in [5, 5.41) is 3.09. The molecule has 1 aromatic heterocycles. The lowest BCUT2D eigenvalue weighted by Crippen LogP contribution is -2.43. The van der Waals surface area contributed by atoms with Crippen molar-refractivity contribution in [3.8, 4) is 11.1 Å². The van der Waals surface area contributed by atoms with Crippen LogP contribution in [0.3, 0.4) is 0 Å². The Balaban J connectivity index is 1.84. The van der Waals surface area contributed by atoms with Gasteiger partial charge in [-0.25, -0.2) is 4.79 Å². The van der Waals surface area contributed by atoms with Crippen molar-refractivity contribution in [2.24, 2.45) is 14.1 Å². The number of nitrogens with two attached hydrogens (primary N) is 1. The number of aromatic nitrogens is 2. The Morgan fingerprint density at radius 3 is 2.11 bits per heavy atom. The summed E-state index contributed by atoms with van der Waals surface area (Å²) in [6.45, 7) is 1.65. The number of carbonyl (C=O) groups is 1. The van der Waals surface area contributed by atoms with Crippen molar-refractivity contribution in [1.29, 1.82) is 0 Å². The second kappa shape index (κ2) is 7.56. The highest BCUT2D eigenvalue weighted by Crippen LogP contribution is 2.21. The van der Waals surface area contributed by atoms with Crippen LogP contribution < -0.4 is 22.3 Å². The maximum atomic E-state index is 12.8. The molecular formula is C21H22N4O3. The molecular weight excluding hydrogens is 356 g/mol. The van der Waals surface area contributed by atoms with E-state index in [0.29, 0.717) is 0 Å². The van der Waals surface area contributed by atoms with Crippen LogP contribution in [0.2, 0.25) is 0 Å². The Bertz CT molecular complexity index is 1130. The van der Waals surface area contributed by atoms with E-state index in [-0.39, 0.29) is 11.4 Å². The molecule has 1 heterocycles. The smallest absolute Gasteiger partial charge is 0.332 e. The van der Waals surface area contributed by atoms with Gasteiger partial charge in [0.2, 0.25) is 0 Å². The monoisotopic (exact) mass is 378 g/mol. The van der Waals surface area contributed by atoms with Crippen LogP contribution in [0.4, 0.5) is 11.5 Å². The van der Waals surface area contributed by atoms with Crippen molar-refractivity contribution in [1.82, 2.24) is 9.13 Å². The minimum atomic E-state index is -0.699. The summed E-state index contributed by atoms with van der Waals surface area (Å²) in [5.41, 5.74) is 7.30. The quantitative estimate of drug-likeness (QED) is 0.662. The summed E-state index contributed by atoms with van der Waals surface area (Å²) in [6.07, 6.45) is 0. The third-order valence-corrected chi connectivity index (χ3v) is 4.72. The van der Waals surface area contributed by atoms with Crippen molar-refractivity contribution in [3.63, 3.8) is 0 Å². The molecule has 0 saturated carbocycles. The third kappa shape index (κ3) is 3.46. The summed E-state index contributed by atoms with van der Waals surface area (Å²) in [6, 6.07) is 16.9. The Morgan fingerprint density at radius 1 is 0.929 bits per heavy atom. The number of rotatable bonds is 5. The number of Topliss-reactive ketones (excluding diaryl/α,β-unsaturated/α-hetero) is 1. The van der Waals surface area contributed by atoms with Gasteiger partial charge >= 0.3 is 5.69 Å². The highest BCUT2D eigenvalue weighted by atomic mass is 16.2. The molecule has 28 heavy (non-hydrogen) atoms. The Hall–Kier alpha value is -3.61. The zero-order valence-electron chi connectivity index (χ0n) is 16.0. The fraction of sp³-hybridized carbons (Fsp3) is 0.190. The van der Waals surface area contributed by atoms with E-state index < -0.39 is 23.1 Å². The van der Waals surface area contributed by atoms with E-state index in [1.54, 1.807) is 6.92 Å². The number of nitrogen functional groups attached to an aromatic ring is 1. The van der Waals surface area contributed by atoms with Gasteiger partial charge in [-0.05, 0) is 30.2 Å². The molecule has 144 valence electrons. The van der Waals surface area contributed by atoms with E-state index in [2.05, 4.69) is 5.32 Å². The first-order chi connectivity index (χ1) is 13.3. The highest BCUT2D eigenvalue weighted by Gasteiger charge is 2.24. The van der Waals surface area contributed by atoms with Crippen molar-refractivity contribution < 1.29 is 4.79 Å². The minimum absolute atomic E-state index is 0.133. The molecule has 0 aliphatic rings. The SMILES string of the molecule is C[C@@H](Nc1ccc(-c2ccccc2)cc1)C(=O)c1c(N)n(C)c(=O)n(C)c1=O. The number of benzene rings is 2. The zero-order valence-corrected chi connectivity index (χ0v) is 16.0. The van der Waals surface area contributed by atoms with Gasteiger partial charge in [0.05, 0.1) is 6.04 Å². The van der Waals surface area contributed by atoms with Crippen molar-refractivity contribution in [2.45, 2.75) is 13.0 Å². The molecule has 7 heteroatoms. The number of hydrogen-bond acceptors (Lipinski definition) is 5. The molecule has 0 unspecified atom stereocenters. The van der Waals surface area contributed by atoms with Gasteiger partial charge in [0.25, 0.3) is 5.56 Å². The molecule has 3 rings (SSSR count). The summed E-state index contributed by atoms with van der Waals surface area (Å²) in [7, 11) is 2.75. The molecule has 3 aromatic rings. The molecule has 0 aliphatic carbocycles. The average Bonchev–Trinajstić information content (AvgIpc) is 2.72. The standard InChI is InChI=1S/C21H22N4O3/c1-13(18(26)17-19(22)24(2)21(28)25(3)20(17)27)23-16-11-9-15(10-12-16)14-7-5-4-6-8-14/h4-13,23H,22H2,1-3H3/t13-/m1/s1. The van der Waals surface area contributed by atoms with Gasteiger partial charge in [-0.2, -0.15) is 0 Å². The van der Waals surface area contributed by atoms with Gasteiger partial charge in [0.1, 0.15) is 11.4 Å². The molecule has 7 nitrogen and oxygen atoms in total. The summed E-state index contributed by atoms with van der Waals surface area (Å²) < 4.78 is 1.97. The molecule has 0 bridgehead atoms. The second-order valence-electron chi connectivity index (χ2n) is 6.64. The fourth-order valence-corrected chi connectivity index (χ4v) is 3.01. The first-order valence-corrected chi connectivity index (χ1v) is 8.83. The molecule has 1 atom stereocenters. The third-order valence-electron chi connectivity index (χ3n) is 4.72. The number of anilines is 2. The van der Waals surface area contributed by atoms with Crippen LogP contribution in [-0.2, 0) is 14.1 Å². The summed E-state index contributed by atoms with van der Waals surface area (Å²) in [5.74, 6) is -0.605. The zero-order chi connectivity index (χ0) is 20.4. The van der Waals surface area contributed by atoms with E-state index in [1.165, 1.54) is 14.1 Å². The lowest BCUT2D eigenvalue weighted by molar-refractivity contribution is 0.0973. The van der Waals surface area contributed by atoms with Gasteiger partial charge in [-0.15, -0.1) is 0 Å². The predicted molar refractivity (Wildman–Crippen MR) is 111 cm³/mol. The van der Waals surface area contributed by atoms with Crippen LogP contribution >= 0.6 is 0 Å². The predicted octanol–water partition coefficient (Wildman–Crippen LogP) is 2.02. The average molecular weight is 378 g/mol. The van der Waals surface area contributed by atoms with Gasteiger partial charge in [-0.3, -0.25) is 18.7 Å². The molecule has 0 spiro atoms. The van der Waals surface area contributed by atoms with Gasteiger partial charge < -0.3 is 11.1 Å². The number of nitrogens with zero attached hydrogens (tertiary/aromatic N) is 2. The van der Waals surface area contributed by atoms with E-state index in [1.807, 2.05) is 54.6 Å². The molecule has 0 aliphatic heterocycles. The van der Waals surface area contributed by atoms with Crippen molar-refractivity contribution >= 4 is 17.3 Å². The van der Waals surface area contributed by atoms with Gasteiger partial charge in [0, 0.05) is 19.8 Å². The Labute approximate surface area is 162 Å². The minimum Gasteiger partial charge on any atom is -0.384 e. The van der Waals surface area contributed by atoms with Gasteiger partial charge in [-0.1, -0.05) is 42.5 Å². The number of carbonyl (C=O) groups excluding carboxylic acids is 1. The van der Waals surface area contributed by atoms with E-state index in [9.17, 15) is 14.4 Å². The lowest BCUT2D eigenvalue weighted by atomic mass is 10.0. The van der Waals surface area contributed by atoms with Crippen LogP contribution in [0.1, 0.15) is 17.3 Å². The van der Waals surface area contributed by atoms with Crippen LogP contribution in [0.25, 0.3) is 11.1 Å². The van der Waals surface area contributed by atoms with E-state index in [0.717, 1.165) is 25.9 Å². The molecule has 2 aromatic carbocycles. The first kappa shape index (κ1) is 19.2. The lowest BCUT2D eigenvalue weighted by Gasteiger charge is -2.17. The van der Waals surface area contributed by atoms with Crippen molar-refractivity contribution in [3.05, 3.63) is 81.0 Å². The maximum Gasteiger partial charge on any atom is 0.332 e. The van der Waals surface area contributed by atoms with Crippen molar-refractivity contribution in [2.75, 3.05) is 11.1 Å². The van der Waals surface area contributed by atoms with Gasteiger partial charge in [0.15, 0.2) is 5.78 Å². The fourth-order valence-electron chi connectivity index (χ4n) is 3.01. The Kier molecular flexibility index (Phi) is 5.17. The van der Waals surface area contributed by atoms with Crippen LogP contribution in [0.15, 0.2) is 64.2 Å². The maximum absolute atomic E-state index is 12.8. The normalized spacial score (nSPS) is 11.8. The molecule has 0 fully saturated rings. The summed E-state index contributed by atoms with van der Waals surface area (Å²) >= 11 is 0. The van der Waals surface area contributed by atoms with Crippen LogP contribution in [0, 0.1) is 0 Å². The molecule has 0 saturated heterocycles. The summed E-state index contributed by atoms with van der Waals surface area (Å²) in [4.78, 5) is 37.1. The number of nitrogens with one attached hydrogen (secondary N) is 1. The molecule has 3 N–H and O–H groups in total. The van der Waals surface area contributed by atoms with E-state index >= 15 is 0 Å². The van der Waals surface area contributed by atoms with E-state index in [4.69, 9.17) is 5.73 Å². The number of hydrogen-bond donors (Lipinski definition) is 2. The largest absolute Gasteiger partial charge is 0.384 e. The highest BCUT2D eigenvalue weighted by molar-refractivity contribution is 6.04. The topological polar surface area (TPSA) is 99.1 Å².